The first kappa shape index (κ1) is 14.8. The zero-order chi connectivity index (χ0) is 13.2. The molecule has 1 aromatic carbocycles. The van der Waals surface area contributed by atoms with E-state index < -0.39 is 0 Å². The van der Waals surface area contributed by atoms with Crippen molar-refractivity contribution < 1.29 is 4.79 Å². The van der Waals surface area contributed by atoms with Crippen LogP contribution in [0.2, 0.25) is 10.0 Å². The van der Waals surface area contributed by atoms with Gasteiger partial charge < -0.3 is 11.1 Å². The summed E-state index contributed by atoms with van der Waals surface area (Å²) in [6, 6.07) is 3.18. The molecule has 0 spiro atoms. The summed E-state index contributed by atoms with van der Waals surface area (Å²) in [6.45, 7) is 3.54. The first-order valence-corrected chi connectivity index (χ1v) is 6.59. The summed E-state index contributed by atoms with van der Waals surface area (Å²) in [4.78, 5) is 11.8. The molecule has 1 rings (SSSR count). The minimum Gasteiger partial charge on any atom is -0.327 e. The van der Waals surface area contributed by atoms with Gasteiger partial charge in [-0.2, -0.15) is 0 Å². The third kappa shape index (κ3) is 3.58. The second-order valence-corrected chi connectivity index (χ2v) is 5.47. The molecule has 0 bridgehead atoms. The molecule has 0 fully saturated rings. The molecule has 94 valence electrons. The predicted molar refractivity (Wildman–Crippen MR) is 75.6 cm³/mol. The average Bonchev–Trinajstić information content (AvgIpc) is 2.28. The Morgan fingerprint density at radius 3 is 2.47 bits per heavy atom. The van der Waals surface area contributed by atoms with Gasteiger partial charge in [-0.3, -0.25) is 4.79 Å². The van der Waals surface area contributed by atoms with E-state index in [0.717, 1.165) is 0 Å². The van der Waals surface area contributed by atoms with Crippen LogP contribution in [0.1, 0.15) is 13.8 Å². The van der Waals surface area contributed by atoms with E-state index in [1.807, 2.05) is 0 Å². The fourth-order valence-electron chi connectivity index (χ4n) is 1.11. The molecule has 1 aromatic rings. The van der Waals surface area contributed by atoms with E-state index in [1.165, 1.54) is 0 Å². The molecule has 2 unspecified atom stereocenters. The van der Waals surface area contributed by atoms with Crippen molar-refractivity contribution in [3.8, 4) is 0 Å². The second-order valence-electron chi connectivity index (χ2n) is 3.86. The van der Waals surface area contributed by atoms with Crippen molar-refractivity contribution in [2.75, 3.05) is 5.32 Å². The van der Waals surface area contributed by atoms with Crippen LogP contribution in [-0.2, 0) is 4.79 Å². The highest BCUT2D eigenvalue weighted by atomic mass is 79.9. The Bertz CT molecular complexity index is 438. The Labute approximate surface area is 119 Å². The third-order valence-electron chi connectivity index (χ3n) is 2.50. The number of carbonyl (C=O) groups is 1. The molecule has 2 atom stereocenters. The SMILES string of the molecule is CC(N)C(C)C(=O)Nc1ccc(Br)c(Cl)c1Cl. The number of nitrogens with two attached hydrogens (primary N) is 1. The van der Waals surface area contributed by atoms with Crippen LogP contribution in [0.3, 0.4) is 0 Å². The molecule has 1 amide bonds. The van der Waals surface area contributed by atoms with Gasteiger partial charge in [-0.25, -0.2) is 0 Å². The summed E-state index contributed by atoms with van der Waals surface area (Å²) in [6.07, 6.45) is 0. The normalized spacial score (nSPS) is 14.2. The van der Waals surface area contributed by atoms with E-state index in [0.29, 0.717) is 20.2 Å². The molecule has 0 saturated carbocycles. The lowest BCUT2D eigenvalue weighted by molar-refractivity contribution is -0.119. The molecule has 0 heterocycles. The molecule has 0 aromatic heterocycles. The molecular weight excluding hydrogens is 327 g/mol. The number of benzene rings is 1. The number of nitrogens with one attached hydrogen (secondary N) is 1. The van der Waals surface area contributed by atoms with Crippen LogP contribution in [0.5, 0.6) is 0 Å². The van der Waals surface area contributed by atoms with Crippen molar-refractivity contribution in [3.63, 3.8) is 0 Å². The predicted octanol–water partition coefficient (Wildman–Crippen LogP) is 3.68. The van der Waals surface area contributed by atoms with Crippen molar-refractivity contribution >= 4 is 50.7 Å². The van der Waals surface area contributed by atoms with Gasteiger partial charge in [0.1, 0.15) is 0 Å². The van der Waals surface area contributed by atoms with Gasteiger partial charge >= 0.3 is 0 Å². The molecule has 6 heteroatoms. The Morgan fingerprint density at radius 2 is 1.94 bits per heavy atom. The van der Waals surface area contributed by atoms with Gasteiger partial charge in [-0.05, 0) is 35.0 Å². The van der Waals surface area contributed by atoms with Crippen LogP contribution < -0.4 is 11.1 Å². The van der Waals surface area contributed by atoms with Gasteiger partial charge in [0.05, 0.1) is 21.7 Å². The standard InChI is InChI=1S/C11H13BrCl2N2O/c1-5(6(2)15)11(17)16-8-4-3-7(12)9(13)10(8)14/h3-6H,15H2,1-2H3,(H,16,17). The minimum atomic E-state index is -0.298. The maximum atomic E-state index is 11.8. The topological polar surface area (TPSA) is 55.1 Å². The Morgan fingerprint density at radius 1 is 1.35 bits per heavy atom. The zero-order valence-electron chi connectivity index (χ0n) is 9.43. The zero-order valence-corrected chi connectivity index (χ0v) is 12.5. The molecule has 17 heavy (non-hydrogen) atoms. The monoisotopic (exact) mass is 338 g/mol. The highest BCUT2D eigenvalue weighted by molar-refractivity contribution is 9.10. The van der Waals surface area contributed by atoms with Gasteiger partial charge in [0.25, 0.3) is 0 Å². The fourth-order valence-corrected chi connectivity index (χ4v) is 1.93. The van der Waals surface area contributed by atoms with Crippen molar-refractivity contribution in [3.05, 3.63) is 26.7 Å². The van der Waals surface area contributed by atoms with Crippen LogP contribution in [0.15, 0.2) is 16.6 Å². The number of amides is 1. The van der Waals surface area contributed by atoms with E-state index in [4.69, 9.17) is 28.9 Å². The van der Waals surface area contributed by atoms with Crippen LogP contribution in [0, 0.1) is 5.92 Å². The number of anilines is 1. The maximum Gasteiger partial charge on any atom is 0.228 e. The fraction of sp³-hybridized carbons (Fsp3) is 0.364. The summed E-state index contributed by atoms with van der Waals surface area (Å²) in [5.74, 6) is -0.478. The average molecular weight is 340 g/mol. The largest absolute Gasteiger partial charge is 0.327 e. The Hall–Kier alpha value is -0.290. The maximum absolute atomic E-state index is 11.8. The van der Waals surface area contributed by atoms with Crippen LogP contribution in [-0.4, -0.2) is 11.9 Å². The van der Waals surface area contributed by atoms with E-state index >= 15 is 0 Å². The Balaban J connectivity index is 2.90. The lowest BCUT2D eigenvalue weighted by Gasteiger charge is -2.16. The number of rotatable bonds is 3. The van der Waals surface area contributed by atoms with Gasteiger partial charge in [0, 0.05) is 10.5 Å². The Kier molecular flexibility index (Phi) is 5.25. The van der Waals surface area contributed by atoms with Gasteiger partial charge in [0.2, 0.25) is 5.91 Å². The summed E-state index contributed by atoms with van der Waals surface area (Å²) in [5.41, 5.74) is 6.14. The number of hydrogen-bond donors (Lipinski definition) is 2. The van der Waals surface area contributed by atoms with Crippen LogP contribution in [0.4, 0.5) is 5.69 Å². The molecule has 0 aliphatic rings. The summed E-state index contributed by atoms with van der Waals surface area (Å²) >= 11 is 15.2. The highest BCUT2D eigenvalue weighted by Crippen LogP contribution is 2.35. The van der Waals surface area contributed by atoms with Crippen molar-refractivity contribution in [2.24, 2.45) is 11.7 Å². The highest BCUT2D eigenvalue weighted by Gasteiger charge is 2.18. The molecule has 0 saturated heterocycles. The van der Waals surface area contributed by atoms with E-state index in [9.17, 15) is 4.79 Å². The molecule has 3 N–H and O–H groups in total. The van der Waals surface area contributed by atoms with Crippen molar-refractivity contribution in [2.45, 2.75) is 19.9 Å². The minimum absolute atomic E-state index is 0.180. The van der Waals surface area contributed by atoms with E-state index in [1.54, 1.807) is 26.0 Å². The first-order chi connectivity index (χ1) is 7.84. The molecule has 3 nitrogen and oxygen atoms in total. The van der Waals surface area contributed by atoms with Crippen molar-refractivity contribution in [1.29, 1.82) is 0 Å². The van der Waals surface area contributed by atoms with Gasteiger partial charge in [-0.15, -0.1) is 0 Å². The lowest BCUT2D eigenvalue weighted by atomic mass is 10.0. The summed E-state index contributed by atoms with van der Waals surface area (Å²) < 4.78 is 0.683. The number of halogens is 3. The van der Waals surface area contributed by atoms with Gasteiger partial charge in [0.15, 0.2) is 0 Å². The molecule has 0 radical (unpaired) electrons. The van der Waals surface area contributed by atoms with E-state index in [-0.39, 0.29) is 17.9 Å². The third-order valence-corrected chi connectivity index (χ3v) is 4.27. The first-order valence-electron chi connectivity index (χ1n) is 5.04. The lowest BCUT2D eigenvalue weighted by Crippen LogP contribution is -2.34. The molecule has 0 aliphatic carbocycles. The van der Waals surface area contributed by atoms with Crippen LogP contribution >= 0.6 is 39.1 Å². The second kappa shape index (κ2) is 6.05. The number of carbonyl (C=O) groups excluding carboxylic acids is 1. The van der Waals surface area contributed by atoms with Gasteiger partial charge in [-0.1, -0.05) is 30.1 Å². The quantitative estimate of drug-likeness (QED) is 0.825. The smallest absolute Gasteiger partial charge is 0.228 e. The summed E-state index contributed by atoms with van der Waals surface area (Å²) in [7, 11) is 0. The molecular formula is C11H13BrCl2N2O. The van der Waals surface area contributed by atoms with E-state index in [2.05, 4.69) is 21.2 Å². The van der Waals surface area contributed by atoms with Crippen molar-refractivity contribution in [1.82, 2.24) is 0 Å². The van der Waals surface area contributed by atoms with Crippen LogP contribution in [0.25, 0.3) is 0 Å². The summed E-state index contributed by atoms with van der Waals surface area (Å²) in [5, 5.41) is 3.39. The number of hydrogen-bond acceptors (Lipinski definition) is 2. The molecule has 0 aliphatic heterocycles.